The number of carbonyl (C=O) groups excluding carboxylic acids is 1. The number of nitrogens with one attached hydrogen (secondary N) is 1. The van der Waals surface area contributed by atoms with Gasteiger partial charge >= 0.3 is 0 Å². The van der Waals surface area contributed by atoms with Crippen molar-refractivity contribution in [3.8, 4) is 17.1 Å². The first kappa shape index (κ1) is 21.1. The molecule has 0 saturated heterocycles. The second kappa shape index (κ2) is 9.71. The quantitative estimate of drug-likeness (QED) is 0.551. The number of halogens is 2. The summed E-state index contributed by atoms with van der Waals surface area (Å²) in [7, 11) is 0. The van der Waals surface area contributed by atoms with Gasteiger partial charge in [0.15, 0.2) is 0 Å². The van der Waals surface area contributed by atoms with E-state index in [-0.39, 0.29) is 24.9 Å². The molecule has 9 heteroatoms. The van der Waals surface area contributed by atoms with Gasteiger partial charge in [-0.25, -0.2) is 0 Å². The molecule has 3 aromatic rings. The number of hydrogen-bond acceptors (Lipinski definition) is 6. The first-order valence-electron chi connectivity index (χ1n) is 9.05. The van der Waals surface area contributed by atoms with Crippen LogP contribution in [0, 0.1) is 5.92 Å². The number of aromatic nitrogens is 3. The summed E-state index contributed by atoms with van der Waals surface area (Å²) in [6.07, 6.45) is 3.47. The summed E-state index contributed by atoms with van der Waals surface area (Å²) in [5.41, 5.74) is 0.791. The summed E-state index contributed by atoms with van der Waals surface area (Å²) >= 11 is 11.8. The Balaban J connectivity index is 1.58. The summed E-state index contributed by atoms with van der Waals surface area (Å²) in [6, 6.07) is 8.12. The molecule has 0 fully saturated rings. The predicted molar refractivity (Wildman–Crippen MR) is 110 cm³/mol. The van der Waals surface area contributed by atoms with E-state index >= 15 is 0 Å². The molecule has 0 aliphatic rings. The van der Waals surface area contributed by atoms with Crippen LogP contribution in [0.15, 0.2) is 47.2 Å². The molecule has 0 aliphatic carbocycles. The molecule has 0 saturated carbocycles. The van der Waals surface area contributed by atoms with Gasteiger partial charge in [0.2, 0.25) is 17.6 Å². The second-order valence-corrected chi connectivity index (χ2v) is 7.47. The molecule has 2 aromatic heterocycles. The van der Waals surface area contributed by atoms with Crippen LogP contribution in [0.5, 0.6) is 5.75 Å². The highest BCUT2D eigenvalue weighted by Crippen LogP contribution is 2.26. The van der Waals surface area contributed by atoms with E-state index < -0.39 is 6.04 Å². The van der Waals surface area contributed by atoms with Gasteiger partial charge in [-0.15, -0.1) is 0 Å². The molecule has 0 bridgehead atoms. The summed E-state index contributed by atoms with van der Waals surface area (Å²) < 4.78 is 10.9. The van der Waals surface area contributed by atoms with Gasteiger partial charge in [-0.2, -0.15) is 4.98 Å². The zero-order valence-corrected chi connectivity index (χ0v) is 17.4. The summed E-state index contributed by atoms with van der Waals surface area (Å²) in [5, 5.41) is 7.78. The first-order chi connectivity index (χ1) is 13.9. The van der Waals surface area contributed by atoms with E-state index in [0.717, 1.165) is 5.56 Å². The van der Waals surface area contributed by atoms with E-state index in [1.807, 2.05) is 13.8 Å². The lowest BCUT2D eigenvalue weighted by molar-refractivity contribution is -0.122. The molecule has 0 spiro atoms. The van der Waals surface area contributed by atoms with Crippen LogP contribution in [0.3, 0.4) is 0 Å². The average Bonchev–Trinajstić information content (AvgIpc) is 3.19. The Morgan fingerprint density at radius 2 is 1.93 bits per heavy atom. The Labute approximate surface area is 178 Å². The Hall–Kier alpha value is -2.64. The van der Waals surface area contributed by atoms with Gasteiger partial charge in [0.25, 0.3) is 0 Å². The fraction of sp³-hybridized carbons (Fsp3) is 0.300. The molecule has 1 atom stereocenters. The van der Waals surface area contributed by atoms with Crippen molar-refractivity contribution in [1.82, 2.24) is 20.4 Å². The summed E-state index contributed by atoms with van der Waals surface area (Å²) in [6.45, 7) is 4.13. The van der Waals surface area contributed by atoms with E-state index in [1.165, 1.54) is 0 Å². The fourth-order valence-corrected chi connectivity index (χ4v) is 2.86. The van der Waals surface area contributed by atoms with Gasteiger partial charge in [-0.3, -0.25) is 9.78 Å². The van der Waals surface area contributed by atoms with Crippen molar-refractivity contribution in [3.05, 3.63) is 58.7 Å². The number of hydrogen-bond donors (Lipinski definition) is 1. The van der Waals surface area contributed by atoms with Crippen molar-refractivity contribution in [2.24, 2.45) is 5.92 Å². The van der Waals surface area contributed by atoms with Crippen LogP contribution in [0.4, 0.5) is 0 Å². The van der Waals surface area contributed by atoms with Crippen molar-refractivity contribution in [3.63, 3.8) is 0 Å². The van der Waals surface area contributed by atoms with Crippen molar-refractivity contribution in [2.45, 2.75) is 26.3 Å². The molecule has 29 heavy (non-hydrogen) atoms. The predicted octanol–water partition coefficient (Wildman–Crippen LogP) is 4.72. The average molecular weight is 435 g/mol. The molecule has 1 unspecified atom stereocenters. The molecule has 0 radical (unpaired) electrons. The Kier molecular flexibility index (Phi) is 7.06. The molecule has 1 amide bonds. The third kappa shape index (κ3) is 5.68. The normalized spacial score (nSPS) is 12.0. The third-order valence-electron chi connectivity index (χ3n) is 4.12. The van der Waals surface area contributed by atoms with Gasteiger partial charge in [0, 0.05) is 24.0 Å². The van der Waals surface area contributed by atoms with Crippen molar-refractivity contribution >= 4 is 29.1 Å². The minimum atomic E-state index is -0.407. The minimum absolute atomic E-state index is 0.0562. The number of carbonyl (C=O) groups is 1. The summed E-state index contributed by atoms with van der Waals surface area (Å²) in [5.74, 6) is 1.22. The molecule has 1 N–H and O–H groups in total. The van der Waals surface area contributed by atoms with Crippen molar-refractivity contribution < 1.29 is 14.1 Å². The van der Waals surface area contributed by atoms with Gasteiger partial charge in [-0.05, 0) is 30.2 Å². The van der Waals surface area contributed by atoms with Crippen LogP contribution in [0.2, 0.25) is 10.0 Å². The monoisotopic (exact) mass is 434 g/mol. The van der Waals surface area contributed by atoms with Crippen LogP contribution >= 0.6 is 23.2 Å². The standard InChI is InChI=1S/C20H20Cl2N4O3/c1-12(2)18(20-25-19(26-29-20)13-5-8-23-9-6-13)24-17(27)7-10-28-14-3-4-15(21)16(22)11-14/h3-6,8-9,11-12,18H,7,10H2,1-2H3,(H,24,27). The van der Waals surface area contributed by atoms with Gasteiger partial charge in [0.05, 0.1) is 23.1 Å². The number of pyridine rings is 1. The van der Waals surface area contributed by atoms with Gasteiger partial charge in [-0.1, -0.05) is 42.2 Å². The summed E-state index contributed by atoms with van der Waals surface area (Å²) in [4.78, 5) is 20.8. The number of rotatable bonds is 8. The molecule has 3 rings (SSSR count). The SMILES string of the molecule is CC(C)C(NC(=O)CCOc1ccc(Cl)c(Cl)c1)c1nc(-c2ccncc2)no1. The Morgan fingerprint density at radius 3 is 2.62 bits per heavy atom. The smallest absolute Gasteiger partial charge is 0.249 e. The molecule has 1 aromatic carbocycles. The maximum atomic E-state index is 12.4. The lowest BCUT2D eigenvalue weighted by Crippen LogP contribution is -2.32. The van der Waals surface area contributed by atoms with E-state index in [1.54, 1.807) is 42.7 Å². The van der Waals surface area contributed by atoms with Gasteiger partial charge in [0.1, 0.15) is 11.8 Å². The minimum Gasteiger partial charge on any atom is -0.493 e. The van der Waals surface area contributed by atoms with E-state index in [9.17, 15) is 4.79 Å². The molecule has 0 aliphatic heterocycles. The second-order valence-electron chi connectivity index (χ2n) is 6.66. The number of amides is 1. The number of ether oxygens (including phenoxy) is 1. The highest BCUT2D eigenvalue weighted by atomic mass is 35.5. The Bertz CT molecular complexity index is 963. The maximum Gasteiger partial charge on any atom is 0.249 e. The van der Waals surface area contributed by atoms with E-state index in [2.05, 4.69) is 20.4 Å². The zero-order valence-electron chi connectivity index (χ0n) is 15.9. The van der Waals surface area contributed by atoms with Crippen molar-refractivity contribution in [2.75, 3.05) is 6.61 Å². The highest BCUT2D eigenvalue weighted by Gasteiger charge is 2.24. The van der Waals surface area contributed by atoms with E-state index in [4.69, 9.17) is 32.5 Å². The molecule has 7 nitrogen and oxygen atoms in total. The first-order valence-corrected chi connectivity index (χ1v) is 9.81. The fourth-order valence-electron chi connectivity index (χ4n) is 2.57. The lowest BCUT2D eigenvalue weighted by atomic mass is 10.0. The van der Waals surface area contributed by atoms with Crippen LogP contribution in [-0.2, 0) is 4.79 Å². The van der Waals surface area contributed by atoms with Crippen LogP contribution < -0.4 is 10.1 Å². The number of benzene rings is 1. The topological polar surface area (TPSA) is 90.1 Å². The molecular weight excluding hydrogens is 415 g/mol. The highest BCUT2D eigenvalue weighted by molar-refractivity contribution is 6.42. The Morgan fingerprint density at radius 1 is 1.17 bits per heavy atom. The molecule has 2 heterocycles. The third-order valence-corrected chi connectivity index (χ3v) is 4.86. The molecule has 152 valence electrons. The van der Waals surface area contributed by atoms with E-state index in [0.29, 0.717) is 27.5 Å². The van der Waals surface area contributed by atoms with Gasteiger partial charge < -0.3 is 14.6 Å². The zero-order chi connectivity index (χ0) is 20.8. The van der Waals surface area contributed by atoms with Crippen LogP contribution in [0.25, 0.3) is 11.4 Å². The van der Waals surface area contributed by atoms with Crippen LogP contribution in [-0.4, -0.2) is 27.6 Å². The largest absolute Gasteiger partial charge is 0.493 e. The van der Waals surface area contributed by atoms with Crippen molar-refractivity contribution in [1.29, 1.82) is 0 Å². The number of nitrogens with zero attached hydrogens (tertiary/aromatic N) is 3. The van der Waals surface area contributed by atoms with Crippen LogP contribution in [0.1, 0.15) is 32.2 Å². The molecular formula is C20H20Cl2N4O3. The lowest BCUT2D eigenvalue weighted by Gasteiger charge is -2.18. The maximum absolute atomic E-state index is 12.4.